The van der Waals surface area contributed by atoms with Crippen LogP contribution in [0.5, 0.6) is 0 Å². The van der Waals surface area contributed by atoms with Gasteiger partial charge in [0.05, 0.1) is 0 Å². The Morgan fingerprint density at radius 2 is 1.80 bits per heavy atom. The summed E-state index contributed by atoms with van der Waals surface area (Å²) in [6.45, 7) is 19.7. The number of nitrogens with zero attached hydrogens (tertiary/aromatic N) is 3. The van der Waals surface area contributed by atoms with Crippen LogP contribution in [0.1, 0.15) is 68.7 Å². The predicted molar refractivity (Wildman–Crippen MR) is 130 cm³/mol. The third-order valence-electron chi connectivity index (χ3n) is 5.97. The van der Waals surface area contributed by atoms with Crippen molar-refractivity contribution in [2.45, 2.75) is 86.9 Å². The zero-order chi connectivity index (χ0) is 23.0. The molecule has 1 rings (SSSR count). The minimum Gasteiger partial charge on any atom is -0.333 e. The molecule has 0 aliphatic carbocycles. The van der Waals surface area contributed by atoms with E-state index in [1.165, 1.54) is 0 Å². The van der Waals surface area contributed by atoms with Crippen LogP contribution in [-0.4, -0.2) is 63.1 Å². The first-order valence-corrected chi connectivity index (χ1v) is 12.3. The van der Waals surface area contributed by atoms with Crippen molar-refractivity contribution >= 4 is 22.9 Å². The lowest BCUT2D eigenvalue weighted by molar-refractivity contribution is -0.133. The molecule has 0 aromatic rings. The maximum atomic E-state index is 13.2. The predicted octanol–water partition coefficient (Wildman–Crippen LogP) is 4.69. The van der Waals surface area contributed by atoms with Crippen molar-refractivity contribution in [3.8, 4) is 0 Å². The molecule has 2 unspecified atom stereocenters. The molecular formula is C24H41N3O2S. The van der Waals surface area contributed by atoms with Crippen molar-refractivity contribution in [2.75, 3.05) is 18.8 Å². The first-order valence-electron chi connectivity index (χ1n) is 11.0. The van der Waals surface area contributed by atoms with Gasteiger partial charge in [-0.1, -0.05) is 13.0 Å². The maximum Gasteiger partial charge on any atom is 0.249 e. The average molecular weight is 436 g/mol. The summed E-state index contributed by atoms with van der Waals surface area (Å²) in [6.07, 6.45) is 6.77. The molecule has 0 spiro atoms. The Labute approximate surface area is 186 Å². The van der Waals surface area contributed by atoms with Gasteiger partial charge in [0.1, 0.15) is 0 Å². The van der Waals surface area contributed by atoms with Gasteiger partial charge in [-0.25, -0.2) is 0 Å². The second-order valence-electron chi connectivity index (χ2n) is 8.27. The van der Waals surface area contributed by atoms with Gasteiger partial charge in [-0.3, -0.25) is 18.9 Å². The number of hydrogen-bond acceptors (Lipinski definition) is 4. The van der Waals surface area contributed by atoms with E-state index in [4.69, 9.17) is 0 Å². The van der Waals surface area contributed by atoms with E-state index in [0.29, 0.717) is 17.9 Å². The lowest BCUT2D eigenvalue weighted by Gasteiger charge is -2.47. The summed E-state index contributed by atoms with van der Waals surface area (Å²) in [5.41, 5.74) is 2.65. The Bertz CT molecular complexity index is 752. The fourth-order valence-corrected chi connectivity index (χ4v) is 5.05. The van der Waals surface area contributed by atoms with Crippen molar-refractivity contribution in [3.63, 3.8) is 0 Å². The van der Waals surface area contributed by atoms with Gasteiger partial charge in [0.25, 0.3) is 0 Å². The van der Waals surface area contributed by atoms with E-state index in [9.17, 15) is 9.00 Å². The molecule has 1 saturated heterocycles. The van der Waals surface area contributed by atoms with E-state index in [-0.39, 0.29) is 24.0 Å². The molecule has 1 heterocycles. The fraction of sp³-hybridized carbons (Fsp3) is 0.667. The number of aliphatic imine (C=N–C) groups is 1. The highest BCUT2D eigenvalue weighted by molar-refractivity contribution is 7.88. The van der Waals surface area contributed by atoms with Crippen molar-refractivity contribution in [2.24, 2.45) is 4.99 Å². The third-order valence-corrected chi connectivity index (χ3v) is 7.75. The van der Waals surface area contributed by atoms with Gasteiger partial charge in [0.2, 0.25) is 5.91 Å². The van der Waals surface area contributed by atoms with E-state index in [1.807, 2.05) is 58.7 Å². The minimum absolute atomic E-state index is 0.0670. The fourth-order valence-electron chi connectivity index (χ4n) is 3.95. The van der Waals surface area contributed by atoms with Gasteiger partial charge >= 0.3 is 0 Å². The molecule has 5 nitrogen and oxygen atoms in total. The highest BCUT2D eigenvalue weighted by atomic mass is 32.2. The van der Waals surface area contributed by atoms with Crippen molar-refractivity contribution < 1.29 is 9.00 Å². The molecule has 4 atom stereocenters. The van der Waals surface area contributed by atoms with Crippen LogP contribution >= 0.6 is 0 Å². The van der Waals surface area contributed by atoms with Gasteiger partial charge < -0.3 is 4.90 Å². The summed E-state index contributed by atoms with van der Waals surface area (Å²) >= 11 is 0. The lowest BCUT2D eigenvalue weighted by Crippen LogP contribution is -2.60. The number of carbonyl (C=O) groups is 1. The molecule has 6 heteroatoms. The summed E-state index contributed by atoms with van der Waals surface area (Å²) < 4.78 is 12.3. The number of amides is 1. The Balaban J connectivity index is 2.95. The standard InChI is InChI=1S/C24H41N3O2S/c1-10-14-30(29)23(9)17(3)15-18(4)24(28)27-13-12-26(21(7)22(27)8)20(6)16-19(5)25-11-2/h11,15-16,20-22H,10,12-14H2,1-9H3/b18-15+,19-16-,23-17+,25-11?/t20?,21-,22-,30?/m0/s1. The monoisotopic (exact) mass is 435 g/mol. The van der Waals surface area contributed by atoms with Gasteiger partial charge in [0.15, 0.2) is 0 Å². The largest absolute Gasteiger partial charge is 0.333 e. The Hall–Kier alpha value is -1.53. The third kappa shape index (κ3) is 7.02. The van der Waals surface area contributed by atoms with E-state index < -0.39 is 10.8 Å². The zero-order valence-corrected chi connectivity index (χ0v) is 21.2. The number of allylic oxidation sites excluding steroid dienone is 4. The van der Waals surface area contributed by atoms with Crippen LogP contribution in [0, 0.1) is 0 Å². The molecule has 170 valence electrons. The molecule has 0 aromatic carbocycles. The van der Waals surface area contributed by atoms with Gasteiger partial charge in [-0.15, -0.1) is 0 Å². The highest BCUT2D eigenvalue weighted by Crippen LogP contribution is 2.23. The molecule has 1 fully saturated rings. The molecule has 0 saturated carbocycles. The van der Waals surface area contributed by atoms with Gasteiger partial charge in [-0.2, -0.15) is 0 Å². The van der Waals surface area contributed by atoms with E-state index in [1.54, 1.807) is 0 Å². The molecule has 1 aliphatic heterocycles. The maximum absolute atomic E-state index is 13.2. The summed E-state index contributed by atoms with van der Waals surface area (Å²) in [5.74, 6) is 0.730. The van der Waals surface area contributed by atoms with Crippen molar-refractivity contribution in [3.05, 3.63) is 33.9 Å². The Morgan fingerprint density at radius 1 is 1.17 bits per heavy atom. The first-order chi connectivity index (χ1) is 14.0. The molecular weight excluding hydrogens is 394 g/mol. The molecule has 1 amide bonds. The molecule has 0 bridgehead atoms. The van der Waals surface area contributed by atoms with Gasteiger partial charge in [0, 0.05) is 70.2 Å². The van der Waals surface area contributed by atoms with Crippen LogP contribution < -0.4 is 0 Å². The number of piperazine rings is 1. The van der Waals surface area contributed by atoms with Crippen LogP contribution in [0.3, 0.4) is 0 Å². The van der Waals surface area contributed by atoms with Crippen molar-refractivity contribution in [1.82, 2.24) is 9.80 Å². The van der Waals surface area contributed by atoms with Gasteiger partial charge in [-0.05, 0) is 73.5 Å². The summed E-state index contributed by atoms with van der Waals surface area (Å²) in [7, 11) is -0.971. The number of carbonyl (C=O) groups excluding carboxylic acids is 1. The molecule has 1 aliphatic rings. The van der Waals surface area contributed by atoms with E-state index in [2.05, 4.69) is 36.7 Å². The SMILES string of the molecule is CC=N/C(C)=C\C(C)N1CCN(C(=O)/C(C)=C/C(C)=C(\C)S(=O)CCC)[C@@H](C)[C@@H]1C. The quantitative estimate of drug-likeness (QED) is 0.316. The second kappa shape index (κ2) is 12.4. The lowest BCUT2D eigenvalue weighted by atomic mass is 10.0. The molecule has 0 radical (unpaired) electrons. The van der Waals surface area contributed by atoms with Crippen molar-refractivity contribution in [1.29, 1.82) is 0 Å². The van der Waals surface area contributed by atoms with Crippen LogP contribution in [-0.2, 0) is 15.6 Å². The minimum atomic E-state index is -0.971. The number of rotatable bonds is 8. The highest BCUT2D eigenvalue weighted by Gasteiger charge is 2.35. The Kier molecular flexibility index (Phi) is 10.9. The number of hydrogen-bond donors (Lipinski definition) is 0. The van der Waals surface area contributed by atoms with E-state index in [0.717, 1.165) is 29.1 Å². The normalized spacial score (nSPS) is 24.8. The van der Waals surface area contributed by atoms with Crippen LogP contribution in [0.15, 0.2) is 38.9 Å². The topological polar surface area (TPSA) is 53.0 Å². The molecule has 30 heavy (non-hydrogen) atoms. The average Bonchev–Trinajstić information content (AvgIpc) is 2.68. The van der Waals surface area contributed by atoms with Crippen LogP contribution in [0.2, 0.25) is 0 Å². The smallest absolute Gasteiger partial charge is 0.249 e. The summed E-state index contributed by atoms with van der Waals surface area (Å²) in [6, 6.07) is 0.622. The molecule has 0 aromatic heterocycles. The Morgan fingerprint density at radius 3 is 2.37 bits per heavy atom. The second-order valence-corrected chi connectivity index (χ2v) is 9.98. The van der Waals surface area contributed by atoms with Crippen LogP contribution in [0.25, 0.3) is 0 Å². The first kappa shape index (κ1) is 26.5. The summed E-state index contributed by atoms with van der Waals surface area (Å²) in [4.78, 5) is 22.8. The van der Waals surface area contributed by atoms with Crippen LogP contribution in [0.4, 0.5) is 0 Å². The zero-order valence-electron chi connectivity index (χ0n) is 20.4. The van der Waals surface area contributed by atoms with E-state index >= 15 is 0 Å². The molecule has 0 N–H and O–H groups in total. The summed E-state index contributed by atoms with van der Waals surface area (Å²) in [5, 5.41) is 0.